The minimum absolute atomic E-state index is 0.660. The van der Waals surface area contributed by atoms with Gasteiger partial charge in [0.1, 0.15) is 17.4 Å². The van der Waals surface area contributed by atoms with Crippen molar-refractivity contribution in [2.45, 2.75) is 13.3 Å². The second-order valence-corrected chi connectivity index (χ2v) is 8.40. The zero-order valence-electron chi connectivity index (χ0n) is 19.7. The predicted molar refractivity (Wildman–Crippen MR) is 137 cm³/mol. The van der Waals surface area contributed by atoms with Gasteiger partial charge in [0.05, 0.1) is 31.0 Å². The molecule has 1 aliphatic rings. The number of nitrogens with one attached hydrogen (secondary N) is 1. The fourth-order valence-corrected chi connectivity index (χ4v) is 4.12. The van der Waals surface area contributed by atoms with Crippen LogP contribution in [0.1, 0.15) is 13.3 Å². The van der Waals surface area contributed by atoms with Crippen LogP contribution in [0.25, 0.3) is 11.3 Å². The van der Waals surface area contributed by atoms with Gasteiger partial charge in [-0.2, -0.15) is 4.98 Å². The van der Waals surface area contributed by atoms with E-state index in [0.29, 0.717) is 30.7 Å². The van der Waals surface area contributed by atoms with Gasteiger partial charge < -0.3 is 24.6 Å². The molecule has 9 heteroatoms. The van der Waals surface area contributed by atoms with Crippen LogP contribution in [0.15, 0.2) is 48.7 Å². The molecule has 1 N–H and O–H groups in total. The Morgan fingerprint density at radius 2 is 1.97 bits per heavy atom. The highest BCUT2D eigenvalue weighted by Crippen LogP contribution is 2.27. The van der Waals surface area contributed by atoms with Crippen LogP contribution in [0.4, 0.5) is 17.6 Å². The second kappa shape index (κ2) is 11.9. The minimum atomic E-state index is 0.660. The van der Waals surface area contributed by atoms with Crippen molar-refractivity contribution in [1.29, 1.82) is 0 Å². The van der Waals surface area contributed by atoms with Gasteiger partial charge >= 0.3 is 0 Å². The summed E-state index contributed by atoms with van der Waals surface area (Å²) in [4.78, 5) is 18.5. The van der Waals surface area contributed by atoms with Crippen LogP contribution in [-0.4, -0.2) is 68.0 Å². The number of halogens is 1. The first-order valence-electron chi connectivity index (χ1n) is 11.6. The van der Waals surface area contributed by atoms with Gasteiger partial charge in [0.25, 0.3) is 0 Å². The van der Waals surface area contributed by atoms with Crippen molar-refractivity contribution in [3.05, 3.63) is 53.7 Å². The summed E-state index contributed by atoms with van der Waals surface area (Å²) in [5, 5.41) is 4.15. The third-order valence-electron chi connectivity index (χ3n) is 5.59. The second-order valence-electron chi connectivity index (χ2n) is 7.99. The molecule has 180 valence electrons. The lowest BCUT2D eigenvalue weighted by atomic mass is 10.1. The van der Waals surface area contributed by atoms with Gasteiger partial charge in [-0.25, -0.2) is 9.97 Å². The first-order chi connectivity index (χ1) is 16.7. The molecule has 0 atom stereocenters. The molecule has 0 unspecified atom stereocenters. The number of pyridine rings is 1. The van der Waals surface area contributed by atoms with Crippen LogP contribution in [0.3, 0.4) is 0 Å². The summed E-state index contributed by atoms with van der Waals surface area (Å²) < 4.78 is 10.9. The van der Waals surface area contributed by atoms with Gasteiger partial charge in [-0.1, -0.05) is 30.7 Å². The van der Waals surface area contributed by atoms with E-state index in [0.717, 1.165) is 61.2 Å². The van der Waals surface area contributed by atoms with E-state index in [-0.39, 0.29) is 0 Å². The molecule has 1 aliphatic heterocycles. The van der Waals surface area contributed by atoms with Crippen molar-refractivity contribution in [1.82, 2.24) is 15.0 Å². The molecule has 34 heavy (non-hydrogen) atoms. The van der Waals surface area contributed by atoms with Gasteiger partial charge in [-0.15, -0.1) is 0 Å². The number of aromatic nitrogens is 3. The highest BCUT2D eigenvalue weighted by atomic mass is 35.5. The Kier molecular flexibility index (Phi) is 8.38. The Balaban J connectivity index is 1.55. The van der Waals surface area contributed by atoms with Crippen LogP contribution in [0.5, 0.6) is 5.75 Å². The Labute approximate surface area is 205 Å². The van der Waals surface area contributed by atoms with Crippen molar-refractivity contribution in [3.63, 3.8) is 0 Å². The monoisotopic (exact) mass is 482 g/mol. The number of nitrogens with zero attached hydrogens (tertiary/aromatic N) is 5. The molecule has 1 fully saturated rings. The molecule has 0 spiro atoms. The molecule has 2 aromatic heterocycles. The molecule has 0 saturated carbocycles. The van der Waals surface area contributed by atoms with Gasteiger partial charge in [0.15, 0.2) is 0 Å². The molecule has 0 bridgehead atoms. The fourth-order valence-electron chi connectivity index (χ4n) is 3.88. The molecule has 0 aliphatic carbocycles. The van der Waals surface area contributed by atoms with E-state index >= 15 is 0 Å². The van der Waals surface area contributed by atoms with E-state index in [1.807, 2.05) is 42.5 Å². The van der Waals surface area contributed by atoms with Crippen LogP contribution in [0.2, 0.25) is 5.02 Å². The zero-order valence-corrected chi connectivity index (χ0v) is 20.5. The van der Waals surface area contributed by atoms with E-state index in [1.165, 1.54) is 0 Å². The zero-order chi connectivity index (χ0) is 23.8. The third kappa shape index (κ3) is 6.07. The first-order valence-corrected chi connectivity index (χ1v) is 12.0. The smallest absolute Gasteiger partial charge is 0.228 e. The topological polar surface area (TPSA) is 75.6 Å². The number of anilines is 3. The SMILES string of the molecule is CCCN(CCNc1cc(-c2cccc(OC)c2)nc(N2CCOCC2)n1)c1ncccc1Cl. The van der Waals surface area contributed by atoms with Gasteiger partial charge in [-0.3, -0.25) is 0 Å². The van der Waals surface area contributed by atoms with Crippen molar-refractivity contribution in [3.8, 4) is 17.0 Å². The Morgan fingerprint density at radius 1 is 1.12 bits per heavy atom. The molecular weight excluding hydrogens is 452 g/mol. The number of ether oxygens (including phenoxy) is 2. The van der Waals surface area contributed by atoms with Gasteiger partial charge in [0, 0.05) is 50.6 Å². The van der Waals surface area contributed by atoms with E-state index in [9.17, 15) is 0 Å². The summed E-state index contributed by atoms with van der Waals surface area (Å²) in [5.41, 5.74) is 1.82. The quantitative estimate of drug-likeness (QED) is 0.456. The maximum Gasteiger partial charge on any atom is 0.228 e. The molecule has 1 aromatic carbocycles. The highest BCUT2D eigenvalue weighted by Gasteiger charge is 2.17. The predicted octanol–water partition coefficient (Wildman–Crippen LogP) is 4.37. The lowest BCUT2D eigenvalue weighted by molar-refractivity contribution is 0.122. The number of hydrogen-bond acceptors (Lipinski definition) is 8. The van der Waals surface area contributed by atoms with E-state index in [1.54, 1.807) is 13.3 Å². The summed E-state index contributed by atoms with van der Waals surface area (Å²) in [6.45, 7) is 7.33. The Morgan fingerprint density at radius 3 is 2.74 bits per heavy atom. The van der Waals surface area contributed by atoms with Crippen LogP contribution in [-0.2, 0) is 4.74 Å². The highest BCUT2D eigenvalue weighted by molar-refractivity contribution is 6.32. The van der Waals surface area contributed by atoms with Crippen molar-refractivity contribution >= 4 is 29.2 Å². The molecule has 0 amide bonds. The average molecular weight is 483 g/mol. The summed E-state index contributed by atoms with van der Waals surface area (Å²) in [6.07, 6.45) is 2.78. The van der Waals surface area contributed by atoms with Crippen molar-refractivity contribution in [2.24, 2.45) is 0 Å². The van der Waals surface area contributed by atoms with Gasteiger partial charge in [-0.05, 0) is 30.7 Å². The Hall–Kier alpha value is -3.10. The standard InChI is InChI=1S/C25H31ClN6O2/c1-3-11-31(24-21(26)8-5-9-28-24)12-10-27-23-18-22(19-6-4-7-20(17-19)33-2)29-25(30-23)32-13-15-34-16-14-32/h4-9,17-18H,3,10-16H2,1-2H3,(H,27,29,30). The largest absolute Gasteiger partial charge is 0.497 e. The number of morpholine rings is 1. The van der Waals surface area contributed by atoms with Gasteiger partial charge in [0.2, 0.25) is 5.95 Å². The fraction of sp³-hybridized carbons (Fsp3) is 0.400. The summed E-state index contributed by atoms with van der Waals surface area (Å²) in [7, 11) is 1.67. The minimum Gasteiger partial charge on any atom is -0.497 e. The third-order valence-corrected chi connectivity index (χ3v) is 5.89. The van der Waals surface area contributed by atoms with Crippen LogP contribution >= 0.6 is 11.6 Å². The number of benzene rings is 1. The first kappa shape index (κ1) is 24.0. The summed E-state index contributed by atoms with van der Waals surface area (Å²) >= 11 is 6.40. The molecule has 8 nitrogen and oxygen atoms in total. The van der Waals surface area contributed by atoms with Crippen molar-refractivity contribution < 1.29 is 9.47 Å². The van der Waals surface area contributed by atoms with Crippen LogP contribution in [0, 0.1) is 0 Å². The lowest BCUT2D eigenvalue weighted by Crippen LogP contribution is -2.37. The average Bonchev–Trinajstić information content (AvgIpc) is 2.89. The number of hydrogen-bond donors (Lipinski definition) is 1. The molecule has 4 rings (SSSR count). The van der Waals surface area contributed by atoms with Crippen LogP contribution < -0.4 is 19.9 Å². The van der Waals surface area contributed by atoms with Crippen molar-refractivity contribution in [2.75, 3.05) is 68.2 Å². The maximum atomic E-state index is 6.40. The number of rotatable bonds is 10. The molecule has 1 saturated heterocycles. The molecule has 0 radical (unpaired) electrons. The van der Waals surface area contributed by atoms with E-state index < -0.39 is 0 Å². The summed E-state index contributed by atoms with van der Waals surface area (Å²) in [5.74, 6) is 3.07. The normalized spacial score (nSPS) is 13.6. The van der Waals surface area contributed by atoms with E-state index in [4.69, 9.17) is 31.0 Å². The molecule has 3 aromatic rings. The Bertz CT molecular complexity index is 1080. The summed E-state index contributed by atoms with van der Waals surface area (Å²) in [6, 6.07) is 13.6. The van der Waals surface area contributed by atoms with E-state index in [2.05, 4.69) is 27.0 Å². The maximum absolute atomic E-state index is 6.40. The number of methoxy groups -OCH3 is 1. The molecular formula is C25H31ClN6O2. The lowest BCUT2D eigenvalue weighted by Gasteiger charge is -2.27. The molecule has 3 heterocycles.